The largest absolute Gasteiger partial charge is 0.408 e. The van der Waals surface area contributed by atoms with Crippen molar-refractivity contribution in [2.24, 2.45) is 5.92 Å². The number of aromatic nitrogens is 2. The first-order valence-corrected chi connectivity index (χ1v) is 11.0. The van der Waals surface area contributed by atoms with Crippen LogP contribution in [0.1, 0.15) is 55.2 Å². The lowest BCUT2D eigenvalue weighted by atomic mass is 9.84. The zero-order valence-electron chi connectivity index (χ0n) is 18.0. The highest BCUT2D eigenvalue weighted by Gasteiger charge is 2.31. The monoisotopic (exact) mass is 433 g/mol. The first kappa shape index (κ1) is 21.7. The van der Waals surface area contributed by atoms with Gasteiger partial charge in [-0.2, -0.15) is 0 Å². The van der Waals surface area contributed by atoms with Crippen LogP contribution in [0.25, 0.3) is 0 Å². The summed E-state index contributed by atoms with van der Waals surface area (Å²) in [6, 6.07) is 3.21. The van der Waals surface area contributed by atoms with Crippen molar-refractivity contribution >= 4 is 17.6 Å². The number of carbonyl (C=O) groups excluding carboxylic acids is 1. The third-order valence-electron chi connectivity index (χ3n) is 6.33. The molecule has 1 saturated heterocycles. The van der Waals surface area contributed by atoms with Gasteiger partial charge < -0.3 is 14.6 Å². The Morgan fingerprint density at radius 3 is 2.55 bits per heavy atom. The van der Waals surface area contributed by atoms with Crippen LogP contribution < -0.4 is 5.32 Å². The predicted molar refractivity (Wildman–Crippen MR) is 112 cm³/mol. The van der Waals surface area contributed by atoms with Crippen LogP contribution in [0.5, 0.6) is 0 Å². The Morgan fingerprint density at radius 2 is 1.97 bits per heavy atom. The Hall–Kier alpha value is -2.55. The molecule has 0 unspecified atom stereocenters. The van der Waals surface area contributed by atoms with Gasteiger partial charge >= 0.3 is 6.01 Å². The van der Waals surface area contributed by atoms with Crippen LogP contribution in [0.3, 0.4) is 0 Å². The van der Waals surface area contributed by atoms with Gasteiger partial charge in [-0.15, -0.1) is 5.10 Å². The molecule has 9 heteroatoms. The molecule has 0 radical (unpaired) electrons. The third kappa shape index (κ3) is 4.87. The van der Waals surface area contributed by atoms with Gasteiger partial charge in [-0.05, 0) is 43.0 Å². The molecule has 2 aromatic rings. The maximum absolute atomic E-state index is 13.6. The number of hydrogen-bond donors (Lipinski definition) is 1. The van der Waals surface area contributed by atoms with E-state index in [4.69, 9.17) is 4.42 Å². The number of aryl methyl sites for hydroxylation is 1. The zero-order chi connectivity index (χ0) is 22.0. The molecule has 4 rings (SSSR count). The fraction of sp³-hybridized carbons (Fsp3) is 0.591. The van der Waals surface area contributed by atoms with Gasteiger partial charge in [0, 0.05) is 56.3 Å². The van der Waals surface area contributed by atoms with E-state index in [-0.39, 0.29) is 23.4 Å². The summed E-state index contributed by atoms with van der Waals surface area (Å²) in [6.07, 6.45) is 1.19. The number of alkyl halides is 2. The van der Waals surface area contributed by atoms with E-state index in [0.29, 0.717) is 37.6 Å². The molecule has 1 aromatic carbocycles. The number of benzene rings is 1. The highest BCUT2D eigenvalue weighted by Crippen LogP contribution is 2.31. The minimum atomic E-state index is -2.58. The van der Waals surface area contributed by atoms with E-state index in [1.807, 2.05) is 18.7 Å². The third-order valence-corrected chi connectivity index (χ3v) is 6.33. The van der Waals surface area contributed by atoms with E-state index >= 15 is 0 Å². The second kappa shape index (κ2) is 9.30. The van der Waals surface area contributed by atoms with Crippen molar-refractivity contribution in [3.63, 3.8) is 0 Å². The summed E-state index contributed by atoms with van der Waals surface area (Å²) in [6.45, 7) is 7.21. The van der Waals surface area contributed by atoms with Crippen molar-refractivity contribution in [3.05, 3.63) is 34.7 Å². The summed E-state index contributed by atoms with van der Waals surface area (Å²) >= 11 is 0. The van der Waals surface area contributed by atoms with Gasteiger partial charge in [-0.3, -0.25) is 9.69 Å². The Labute approximate surface area is 180 Å². The van der Waals surface area contributed by atoms with Crippen LogP contribution in [0.15, 0.2) is 16.5 Å². The van der Waals surface area contributed by atoms with Crippen LogP contribution in [-0.4, -0.2) is 52.1 Å². The number of rotatable bonds is 7. The molecule has 7 nitrogen and oxygen atoms in total. The first-order chi connectivity index (χ1) is 14.9. The van der Waals surface area contributed by atoms with E-state index in [1.54, 1.807) is 6.07 Å². The Bertz CT molecular complexity index is 921. The number of piperazine rings is 1. The van der Waals surface area contributed by atoms with Gasteiger partial charge in [0.05, 0.1) is 0 Å². The van der Waals surface area contributed by atoms with Crippen molar-refractivity contribution in [2.75, 3.05) is 31.5 Å². The Morgan fingerprint density at radius 1 is 1.23 bits per heavy atom. The maximum atomic E-state index is 13.6. The molecule has 0 spiro atoms. The van der Waals surface area contributed by atoms with Crippen LogP contribution >= 0.6 is 0 Å². The minimum Gasteiger partial charge on any atom is -0.408 e. The lowest BCUT2D eigenvalue weighted by Crippen LogP contribution is -2.50. The first-order valence-electron chi connectivity index (χ1n) is 11.0. The number of nitrogens with one attached hydrogen (secondary N) is 1. The number of halogens is 2. The quantitative estimate of drug-likeness (QED) is 0.710. The molecule has 0 bridgehead atoms. The van der Waals surface area contributed by atoms with E-state index in [9.17, 15) is 13.6 Å². The molecule has 168 valence electrons. The van der Waals surface area contributed by atoms with Gasteiger partial charge in [-0.1, -0.05) is 18.4 Å². The molecular formula is C22H29F2N5O2. The molecule has 2 fully saturated rings. The molecule has 31 heavy (non-hydrogen) atoms. The molecule has 2 aliphatic rings. The van der Waals surface area contributed by atoms with Gasteiger partial charge in [0.1, 0.15) is 0 Å². The summed E-state index contributed by atoms with van der Waals surface area (Å²) in [5, 5.41) is 10.8. The average molecular weight is 434 g/mol. The molecule has 1 saturated carbocycles. The molecule has 1 aromatic heterocycles. The van der Waals surface area contributed by atoms with Crippen molar-refractivity contribution < 1.29 is 18.0 Å². The Kier molecular flexibility index (Phi) is 6.50. The van der Waals surface area contributed by atoms with Crippen LogP contribution in [-0.2, 0) is 17.8 Å². The van der Waals surface area contributed by atoms with E-state index < -0.39 is 6.43 Å². The van der Waals surface area contributed by atoms with E-state index in [1.165, 1.54) is 6.07 Å². The average Bonchev–Trinajstić information content (AvgIpc) is 3.17. The highest BCUT2D eigenvalue weighted by atomic mass is 19.3. The number of hydrogen-bond acceptors (Lipinski definition) is 6. The van der Waals surface area contributed by atoms with Gasteiger partial charge in [0.25, 0.3) is 6.43 Å². The van der Waals surface area contributed by atoms with Crippen LogP contribution in [0.2, 0.25) is 0 Å². The molecule has 1 amide bonds. The standard InChI is InChI=1S/C22H29F2N5O2/c1-3-19-26-27-22(31-19)25-18-12-16(20(23)24)11-17(14(18)2)13-28-7-9-29(10-8-28)21(30)15-5-4-6-15/h11-12,15,20H,3-10,13H2,1-2H3,(H,25,27). The topological polar surface area (TPSA) is 74.5 Å². The summed E-state index contributed by atoms with van der Waals surface area (Å²) < 4.78 is 32.6. The summed E-state index contributed by atoms with van der Waals surface area (Å²) in [5.41, 5.74) is 2.19. The molecule has 0 atom stereocenters. The second-order valence-electron chi connectivity index (χ2n) is 8.36. The lowest BCUT2D eigenvalue weighted by Gasteiger charge is -2.38. The summed E-state index contributed by atoms with van der Waals surface area (Å²) in [7, 11) is 0. The normalized spacial score (nSPS) is 17.8. The van der Waals surface area contributed by atoms with E-state index in [0.717, 1.165) is 43.5 Å². The maximum Gasteiger partial charge on any atom is 0.320 e. The lowest BCUT2D eigenvalue weighted by molar-refractivity contribution is -0.140. The SMILES string of the molecule is CCc1nnc(Nc2cc(C(F)F)cc(CN3CCN(C(=O)C4CCC4)CC3)c2C)o1. The smallest absolute Gasteiger partial charge is 0.320 e. The second-order valence-corrected chi connectivity index (χ2v) is 8.36. The fourth-order valence-corrected chi connectivity index (χ4v) is 4.06. The fourth-order valence-electron chi connectivity index (χ4n) is 4.06. The minimum absolute atomic E-state index is 0.0443. The van der Waals surface area contributed by atoms with Gasteiger partial charge in [0.2, 0.25) is 11.8 Å². The van der Waals surface area contributed by atoms with Crippen molar-refractivity contribution in [2.45, 2.75) is 52.5 Å². The highest BCUT2D eigenvalue weighted by molar-refractivity contribution is 5.79. The van der Waals surface area contributed by atoms with Gasteiger partial charge in [0.15, 0.2) is 0 Å². The van der Waals surface area contributed by atoms with E-state index in [2.05, 4.69) is 20.4 Å². The van der Waals surface area contributed by atoms with Crippen LogP contribution in [0, 0.1) is 12.8 Å². The number of carbonyl (C=O) groups is 1. The van der Waals surface area contributed by atoms with Crippen molar-refractivity contribution in [1.82, 2.24) is 20.0 Å². The zero-order valence-corrected chi connectivity index (χ0v) is 18.0. The predicted octanol–water partition coefficient (Wildman–Crippen LogP) is 4.07. The summed E-state index contributed by atoms with van der Waals surface area (Å²) in [4.78, 5) is 16.6. The molecule has 1 aliphatic heterocycles. The molecular weight excluding hydrogens is 404 g/mol. The van der Waals surface area contributed by atoms with Crippen LogP contribution in [0.4, 0.5) is 20.5 Å². The Balaban J connectivity index is 1.46. The summed E-state index contributed by atoms with van der Waals surface area (Å²) in [5.74, 6) is 0.974. The molecule has 1 N–H and O–H groups in total. The number of anilines is 2. The van der Waals surface area contributed by atoms with Crippen molar-refractivity contribution in [3.8, 4) is 0 Å². The number of amides is 1. The number of nitrogens with zero attached hydrogens (tertiary/aromatic N) is 4. The molecule has 2 heterocycles. The molecule has 1 aliphatic carbocycles. The van der Waals surface area contributed by atoms with Gasteiger partial charge in [-0.25, -0.2) is 8.78 Å². The van der Waals surface area contributed by atoms with Crippen molar-refractivity contribution in [1.29, 1.82) is 0 Å².